The second-order valence-corrected chi connectivity index (χ2v) is 6.91. The molecule has 1 aliphatic rings. The predicted octanol–water partition coefficient (Wildman–Crippen LogP) is 2.64. The van der Waals surface area contributed by atoms with Gasteiger partial charge < -0.3 is 14.1 Å². The molecule has 28 heavy (non-hydrogen) atoms. The molecule has 1 aromatic carbocycles. The van der Waals surface area contributed by atoms with E-state index in [-0.39, 0.29) is 12.0 Å². The quantitative estimate of drug-likeness (QED) is 0.696. The Morgan fingerprint density at radius 1 is 1.21 bits per heavy atom. The number of nitrogens with zero attached hydrogens (tertiary/aromatic N) is 3. The van der Waals surface area contributed by atoms with E-state index in [4.69, 9.17) is 9.15 Å². The minimum atomic E-state index is -0.441. The number of benzene rings is 1. The van der Waals surface area contributed by atoms with Crippen LogP contribution in [0.2, 0.25) is 0 Å². The monoisotopic (exact) mass is 379 g/mol. The van der Waals surface area contributed by atoms with E-state index in [9.17, 15) is 9.59 Å². The van der Waals surface area contributed by atoms with Crippen LogP contribution in [0.4, 0.5) is 0 Å². The number of ether oxygens (including phenoxy) is 1. The standard InChI is InChI=1S/C21H21N3O4/c1-14-10-17(11-20(25)27-14)28-16-8-9-24(13-16)21(26)19-12-18(22-23(19)2)15-6-4-3-5-7-15/h3-7,10-12,16H,8-9,13H2,1-2H3/t16-/m0/s1. The van der Waals surface area contributed by atoms with E-state index in [0.717, 1.165) is 11.3 Å². The number of aryl methyl sites for hydroxylation is 2. The Bertz CT molecular complexity index is 1060. The van der Waals surface area contributed by atoms with Gasteiger partial charge in [-0.3, -0.25) is 9.48 Å². The van der Waals surface area contributed by atoms with Crippen LogP contribution in [-0.2, 0) is 7.05 Å². The lowest BCUT2D eigenvalue weighted by atomic mass is 10.1. The number of aromatic nitrogens is 2. The van der Waals surface area contributed by atoms with Crippen LogP contribution in [0.15, 0.2) is 57.7 Å². The van der Waals surface area contributed by atoms with Gasteiger partial charge in [0.25, 0.3) is 5.91 Å². The van der Waals surface area contributed by atoms with Crippen LogP contribution >= 0.6 is 0 Å². The molecule has 0 unspecified atom stereocenters. The van der Waals surface area contributed by atoms with Crippen molar-refractivity contribution in [2.45, 2.75) is 19.4 Å². The topological polar surface area (TPSA) is 77.6 Å². The fourth-order valence-electron chi connectivity index (χ4n) is 3.42. The Morgan fingerprint density at radius 2 is 2.00 bits per heavy atom. The minimum absolute atomic E-state index is 0.0768. The SMILES string of the molecule is Cc1cc(O[C@H]2CCN(C(=O)c3cc(-c4ccccc4)nn3C)C2)cc(=O)o1. The van der Waals surface area contributed by atoms with Gasteiger partial charge in [-0.05, 0) is 13.0 Å². The van der Waals surface area contributed by atoms with Crippen molar-refractivity contribution in [2.24, 2.45) is 7.05 Å². The van der Waals surface area contributed by atoms with Crippen molar-refractivity contribution in [3.8, 4) is 17.0 Å². The number of likely N-dealkylation sites (tertiary alicyclic amines) is 1. The molecule has 7 heteroatoms. The molecule has 7 nitrogen and oxygen atoms in total. The first-order valence-corrected chi connectivity index (χ1v) is 9.17. The average molecular weight is 379 g/mol. The molecule has 0 aliphatic carbocycles. The summed E-state index contributed by atoms with van der Waals surface area (Å²) in [7, 11) is 1.77. The Kier molecular flexibility index (Phi) is 4.73. The van der Waals surface area contributed by atoms with E-state index >= 15 is 0 Å². The van der Waals surface area contributed by atoms with E-state index in [0.29, 0.717) is 36.7 Å². The average Bonchev–Trinajstić information content (AvgIpc) is 3.28. The summed E-state index contributed by atoms with van der Waals surface area (Å²) >= 11 is 0. The van der Waals surface area contributed by atoms with Gasteiger partial charge in [0.2, 0.25) is 0 Å². The van der Waals surface area contributed by atoms with Gasteiger partial charge in [0.1, 0.15) is 23.3 Å². The van der Waals surface area contributed by atoms with Gasteiger partial charge in [0, 0.05) is 31.6 Å². The number of amides is 1. The number of rotatable bonds is 4. The number of carbonyl (C=O) groups excluding carboxylic acids is 1. The molecular weight excluding hydrogens is 358 g/mol. The zero-order valence-corrected chi connectivity index (χ0v) is 15.8. The zero-order valence-electron chi connectivity index (χ0n) is 15.8. The van der Waals surface area contributed by atoms with E-state index in [1.165, 1.54) is 6.07 Å². The second-order valence-electron chi connectivity index (χ2n) is 6.91. The molecule has 3 heterocycles. The van der Waals surface area contributed by atoms with Crippen molar-refractivity contribution < 1.29 is 13.9 Å². The number of hydrogen-bond donors (Lipinski definition) is 0. The molecule has 1 amide bonds. The fraction of sp³-hybridized carbons (Fsp3) is 0.286. The second kappa shape index (κ2) is 7.34. The molecule has 0 saturated carbocycles. The first-order valence-electron chi connectivity index (χ1n) is 9.17. The third-order valence-electron chi connectivity index (χ3n) is 4.77. The Balaban J connectivity index is 1.46. The summed E-state index contributed by atoms with van der Waals surface area (Å²) in [6.45, 7) is 2.76. The number of hydrogen-bond acceptors (Lipinski definition) is 5. The summed E-state index contributed by atoms with van der Waals surface area (Å²) in [6, 6.07) is 14.6. The van der Waals surface area contributed by atoms with Crippen LogP contribution in [0.3, 0.4) is 0 Å². The zero-order chi connectivity index (χ0) is 19.7. The van der Waals surface area contributed by atoms with Crippen molar-refractivity contribution in [2.75, 3.05) is 13.1 Å². The first kappa shape index (κ1) is 18.0. The molecule has 1 saturated heterocycles. The molecule has 1 fully saturated rings. The third-order valence-corrected chi connectivity index (χ3v) is 4.77. The fourth-order valence-corrected chi connectivity index (χ4v) is 3.42. The van der Waals surface area contributed by atoms with Gasteiger partial charge in [-0.15, -0.1) is 0 Å². The third kappa shape index (κ3) is 3.69. The highest BCUT2D eigenvalue weighted by Crippen LogP contribution is 2.22. The maximum absolute atomic E-state index is 13.0. The molecule has 2 aromatic heterocycles. The van der Waals surface area contributed by atoms with E-state index in [2.05, 4.69) is 5.10 Å². The van der Waals surface area contributed by atoms with E-state index < -0.39 is 5.63 Å². The van der Waals surface area contributed by atoms with Gasteiger partial charge >= 0.3 is 5.63 Å². The van der Waals surface area contributed by atoms with Crippen molar-refractivity contribution in [1.29, 1.82) is 0 Å². The molecular formula is C21H21N3O4. The van der Waals surface area contributed by atoms with Crippen LogP contribution < -0.4 is 10.4 Å². The predicted molar refractivity (Wildman–Crippen MR) is 103 cm³/mol. The summed E-state index contributed by atoms with van der Waals surface area (Å²) in [5.74, 6) is 0.892. The van der Waals surface area contributed by atoms with E-state index in [1.807, 2.05) is 36.4 Å². The molecule has 3 aromatic rings. The first-order chi connectivity index (χ1) is 13.5. The van der Waals surface area contributed by atoms with Gasteiger partial charge in [-0.2, -0.15) is 5.10 Å². The smallest absolute Gasteiger partial charge is 0.339 e. The molecule has 0 spiro atoms. The summed E-state index contributed by atoms with van der Waals surface area (Å²) in [5.41, 5.74) is 1.84. The van der Waals surface area contributed by atoms with Crippen LogP contribution in [-0.4, -0.2) is 39.8 Å². The lowest BCUT2D eigenvalue weighted by Gasteiger charge is -2.17. The van der Waals surface area contributed by atoms with Gasteiger partial charge in [0.15, 0.2) is 0 Å². The van der Waals surface area contributed by atoms with Crippen molar-refractivity contribution >= 4 is 5.91 Å². The molecule has 4 rings (SSSR count). The van der Waals surface area contributed by atoms with Gasteiger partial charge in [-0.25, -0.2) is 4.79 Å². The summed E-state index contributed by atoms with van der Waals surface area (Å²) in [4.78, 5) is 26.2. The minimum Gasteiger partial charge on any atom is -0.488 e. The van der Waals surface area contributed by atoms with Crippen LogP contribution in [0, 0.1) is 6.92 Å². The summed E-state index contributed by atoms with van der Waals surface area (Å²) in [5, 5.41) is 4.47. The molecule has 144 valence electrons. The van der Waals surface area contributed by atoms with Crippen molar-refractivity contribution in [3.63, 3.8) is 0 Å². The van der Waals surface area contributed by atoms with Crippen molar-refractivity contribution in [1.82, 2.24) is 14.7 Å². The van der Waals surface area contributed by atoms with Crippen molar-refractivity contribution in [3.05, 3.63) is 70.4 Å². The van der Waals surface area contributed by atoms with E-state index in [1.54, 1.807) is 29.6 Å². The highest BCUT2D eigenvalue weighted by atomic mass is 16.5. The highest BCUT2D eigenvalue weighted by molar-refractivity contribution is 5.94. The Labute approximate surface area is 162 Å². The molecule has 0 radical (unpaired) electrons. The van der Waals surface area contributed by atoms with Crippen LogP contribution in [0.25, 0.3) is 11.3 Å². The molecule has 1 aliphatic heterocycles. The van der Waals surface area contributed by atoms with Gasteiger partial charge in [0.05, 0.1) is 18.3 Å². The maximum Gasteiger partial charge on any atom is 0.339 e. The summed E-state index contributed by atoms with van der Waals surface area (Å²) in [6.07, 6.45) is 0.543. The summed E-state index contributed by atoms with van der Waals surface area (Å²) < 4.78 is 12.4. The lowest BCUT2D eigenvalue weighted by molar-refractivity contribution is 0.0761. The highest BCUT2D eigenvalue weighted by Gasteiger charge is 2.30. The lowest BCUT2D eigenvalue weighted by Crippen LogP contribution is -2.32. The normalized spacial score (nSPS) is 16.4. The Hall–Kier alpha value is -3.35. The van der Waals surface area contributed by atoms with Crippen LogP contribution in [0.5, 0.6) is 5.75 Å². The number of carbonyl (C=O) groups is 1. The maximum atomic E-state index is 13.0. The molecule has 1 atom stereocenters. The van der Waals surface area contributed by atoms with Crippen LogP contribution in [0.1, 0.15) is 22.7 Å². The van der Waals surface area contributed by atoms with Gasteiger partial charge in [-0.1, -0.05) is 30.3 Å². The Morgan fingerprint density at radius 3 is 2.75 bits per heavy atom. The molecule has 0 N–H and O–H groups in total. The molecule has 0 bridgehead atoms. The largest absolute Gasteiger partial charge is 0.488 e.